The lowest BCUT2D eigenvalue weighted by Gasteiger charge is -2.37. The Bertz CT molecular complexity index is 648. The largest absolute Gasteiger partial charge is 0.444 e. The number of carbonyl (C=O) groups is 1. The van der Waals surface area contributed by atoms with Gasteiger partial charge in [-0.05, 0) is 51.0 Å². The number of hydrogen-bond donors (Lipinski definition) is 1. The summed E-state index contributed by atoms with van der Waals surface area (Å²) in [6.07, 6.45) is 5.77. The number of rotatable bonds is 2. The molecule has 0 atom stereocenters. The van der Waals surface area contributed by atoms with Crippen LogP contribution in [0.25, 0.3) is 0 Å². The molecule has 1 saturated heterocycles. The van der Waals surface area contributed by atoms with E-state index in [-0.39, 0.29) is 6.09 Å². The summed E-state index contributed by atoms with van der Waals surface area (Å²) >= 11 is 0. The van der Waals surface area contributed by atoms with Crippen LogP contribution in [0.3, 0.4) is 0 Å². The van der Waals surface area contributed by atoms with Crippen LogP contribution >= 0.6 is 0 Å². The van der Waals surface area contributed by atoms with Gasteiger partial charge >= 0.3 is 6.09 Å². The molecule has 0 aliphatic carbocycles. The summed E-state index contributed by atoms with van der Waals surface area (Å²) < 4.78 is 5.44. The molecule has 0 spiro atoms. The number of benzene rings is 1. The quantitative estimate of drug-likeness (QED) is 0.669. The molecule has 130 valence electrons. The van der Waals surface area contributed by atoms with Crippen LogP contribution in [0.15, 0.2) is 12.1 Å². The molecular weight excluding hydrogens is 302 g/mol. The maximum Gasteiger partial charge on any atom is 0.410 e. The van der Waals surface area contributed by atoms with Crippen molar-refractivity contribution in [3.05, 3.63) is 23.3 Å². The molecule has 1 aromatic rings. The van der Waals surface area contributed by atoms with Gasteiger partial charge in [0.1, 0.15) is 5.60 Å². The van der Waals surface area contributed by atoms with Crippen LogP contribution in [-0.4, -0.2) is 42.8 Å². The molecule has 5 heteroatoms. The lowest BCUT2D eigenvalue weighted by atomic mass is 10.0. The molecule has 2 N–H and O–H groups in total. The Labute approximate surface area is 144 Å². The third-order valence-electron chi connectivity index (χ3n) is 4.07. The minimum Gasteiger partial charge on any atom is -0.444 e. The van der Waals surface area contributed by atoms with Gasteiger partial charge in [0.2, 0.25) is 0 Å². The number of hydrogen-bond acceptors (Lipinski definition) is 4. The first-order valence-electron chi connectivity index (χ1n) is 8.26. The first-order valence-corrected chi connectivity index (χ1v) is 8.26. The molecule has 1 aliphatic heterocycles. The molecule has 0 radical (unpaired) electrons. The Kier molecular flexibility index (Phi) is 5.28. The van der Waals surface area contributed by atoms with Gasteiger partial charge in [0.15, 0.2) is 0 Å². The Morgan fingerprint density at radius 2 is 1.92 bits per heavy atom. The first kappa shape index (κ1) is 18.0. The second kappa shape index (κ2) is 7.04. The monoisotopic (exact) mass is 329 g/mol. The highest BCUT2D eigenvalue weighted by Crippen LogP contribution is 2.28. The fraction of sp³-hybridized carbons (Fsp3) is 0.526. The molecule has 1 aliphatic rings. The lowest BCUT2D eigenvalue weighted by molar-refractivity contribution is 0.0240. The molecular formula is C19H27N3O2. The van der Waals surface area contributed by atoms with Crippen LogP contribution in [0.1, 0.15) is 31.9 Å². The Hall–Kier alpha value is -2.35. The van der Waals surface area contributed by atoms with E-state index in [9.17, 15) is 4.79 Å². The molecule has 1 amide bonds. The van der Waals surface area contributed by atoms with Crippen LogP contribution in [0.5, 0.6) is 0 Å². The van der Waals surface area contributed by atoms with Crippen LogP contribution in [-0.2, 0) is 11.2 Å². The number of nitrogens with two attached hydrogens (primary N) is 1. The van der Waals surface area contributed by atoms with E-state index < -0.39 is 5.60 Å². The van der Waals surface area contributed by atoms with Crippen molar-refractivity contribution in [3.8, 4) is 12.3 Å². The number of amides is 1. The van der Waals surface area contributed by atoms with Crippen molar-refractivity contribution >= 4 is 17.5 Å². The number of anilines is 2. The fourth-order valence-electron chi connectivity index (χ4n) is 2.86. The predicted molar refractivity (Wildman–Crippen MR) is 98.1 cm³/mol. The van der Waals surface area contributed by atoms with Gasteiger partial charge in [-0.3, -0.25) is 0 Å². The zero-order valence-corrected chi connectivity index (χ0v) is 15.1. The van der Waals surface area contributed by atoms with Crippen LogP contribution in [0.2, 0.25) is 0 Å². The number of terminal acetylenes is 1. The van der Waals surface area contributed by atoms with Crippen molar-refractivity contribution in [2.24, 2.45) is 0 Å². The molecule has 0 aromatic heterocycles. The molecule has 1 aromatic carbocycles. The van der Waals surface area contributed by atoms with Crippen molar-refractivity contribution in [3.63, 3.8) is 0 Å². The highest BCUT2D eigenvalue weighted by Gasteiger charge is 2.26. The highest BCUT2D eigenvalue weighted by atomic mass is 16.6. The van der Waals surface area contributed by atoms with Crippen LogP contribution in [0.4, 0.5) is 16.2 Å². The third-order valence-corrected chi connectivity index (χ3v) is 4.07. The molecule has 0 unspecified atom stereocenters. The highest BCUT2D eigenvalue weighted by molar-refractivity contribution is 5.69. The second-order valence-corrected chi connectivity index (χ2v) is 7.16. The van der Waals surface area contributed by atoms with Gasteiger partial charge in [-0.25, -0.2) is 4.79 Å². The Morgan fingerprint density at radius 1 is 1.29 bits per heavy atom. The van der Waals surface area contributed by atoms with Crippen molar-refractivity contribution < 1.29 is 9.53 Å². The summed E-state index contributed by atoms with van der Waals surface area (Å²) in [6, 6.07) is 3.92. The SMILES string of the molecule is C#CCc1cc(N)cc(N2CCN(C(=O)OC(C)(C)C)CC2)c1C. The van der Waals surface area contributed by atoms with Gasteiger partial charge in [0.25, 0.3) is 0 Å². The predicted octanol–water partition coefficient (Wildman–Crippen LogP) is 2.81. The Balaban J connectivity index is 2.08. The number of nitrogens with zero attached hydrogens (tertiary/aromatic N) is 2. The molecule has 0 saturated carbocycles. The zero-order chi connectivity index (χ0) is 17.9. The van der Waals surface area contributed by atoms with Crippen LogP contribution in [0, 0.1) is 19.3 Å². The van der Waals surface area contributed by atoms with E-state index in [0.717, 1.165) is 35.6 Å². The van der Waals surface area contributed by atoms with Gasteiger partial charge in [-0.2, -0.15) is 0 Å². The van der Waals surface area contributed by atoms with E-state index in [1.807, 2.05) is 32.9 Å². The van der Waals surface area contributed by atoms with Gasteiger partial charge in [0.05, 0.1) is 0 Å². The van der Waals surface area contributed by atoms with Gasteiger partial charge < -0.3 is 20.3 Å². The lowest BCUT2D eigenvalue weighted by Crippen LogP contribution is -2.50. The minimum absolute atomic E-state index is 0.250. The number of ether oxygens (including phenoxy) is 1. The van der Waals surface area contributed by atoms with E-state index >= 15 is 0 Å². The van der Waals surface area contributed by atoms with Crippen molar-refractivity contribution in [2.75, 3.05) is 36.8 Å². The summed E-state index contributed by atoms with van der Waals surface area (Å²) in [5.74, 6) is 2.68. The topological polar surface area (TPSA) is 58.8 Å². The maximum absolute atomic E-state index is 12.2. The average molecular weight is 329 g/mol. The molecule has 5 nitrogen and oxygen atoms in total. The smallest absolute Gasteiger partial charge is 0.410 e. The summed E-state index contributed by atoms with van der Waals surface area (Å²) in [4.78, 5) is 16.2. The summed E-state index contributed by atoms with van der Waals surface area (Å²) in [7, 11) is 0. The minimum atomic E-state index is -0.469. The van der Waals surface area contributed by atoms with E-state index in [0.29, 0.717) is 19.5 Å². The normalized spacial score (nSPS) is 15.1. The van der Waals surface area contributed by atoms with Crippen molar-refractivity contribution in [1.82, 2.24) is 4.90 Å². The summed E-state index contributed by atoms with van der Waals surface area (Å²) in [5.41, 5.74) is 9.63. The number of piperazine rings is 1. The summed E-state index contributed by atoms with van der Waals surface area (Å²) in [5, 5.41) is 0. The number of carbonyl (C=O) groups excluding carboxylic acids is 1. The van der Waals surface area contributed by atoms with Gasteiger partial charge in [-0.1, -0.05) is 0 Å². The molecule has 1 heterocycles. The van der Waals surface area contributed by atoms with Gasteiger partial charge in [-0.15, -0.1) is 12.3 Å². The van der Waals surface area contributed by atoms with Crippen LogP contribution < -0.4 is 10.6 Å². The molecule has 0 bridgehead atoms. The van der Waals surface area contributed by atoms with E-state index in [2.05, 4.69) is 17.7 Å². The summed E-state index contributed by atoms with van der Waals surface area (Å²) in [6.45, 7) is 10.5. The standard InChI is InChI=1S/C19H27N3O2/c1-6-7-15-12-16(20)13-17(14(15)2)21-8-10-22(11-9-21)18(23)24-19(3,4)5/h1,12-13H,7-11,20H2,2-5H3. The van der Waals surface area contributed by atoms with Crippen molar-refractivity contribution in [1.29, 1.82) is 0 Å². The Morgan fingerprint density at radius 3 is 2.46 bits per heavy atom. The fourth-order valence-corrected chi connectivity index (χ4v) is 2.86. The third kappa shape index (κ3) is 4.35. The molecule has 24 heavy (non-hydrogen) atoms. The maximum atomic E-state index is 12.2. The second-order valence-electron chi connectivity index (χ2n) is 7.16. The molecule has 2 rings (SSSR count). The average Bonchev–Trinajstić information content (AvgIpc) is 2.49. The molecule has 1 fully saturated rings. The van der Waals surface area contributed by atoms with Gasteiger partial charge in [0, 0.05) is 44.0 Å². The van der Waals surface area contributed by atoms with E-state index in [1.165, 1.54) is 0 Å². The zero-order valence-electron chi connectivity index (χ0n) is 15.1. The van der Waals surface area contributed by atoms with E-state index in [4.69, 9.17) is 16.9 Å². The number of nitrogen functional groups attached to an aromatic ring is 1. The van der Waals surface area contributed by atoms with Crippen molar-refractivity contribution in [2.45, 2.75) is 39.7 Å². The first-order chi connectivity index (χ1) is 11.2. The van der Waals surface area contributed by atoms with E-state index in [1.54, 1.807) is 4.90 Å².